The molecule has 192 valence electrons. The van der Waals surface area contributed by atoms with Crippen LogP contribution in [0.4, 0.5) is 0 Å². The summed E-state index contributed by atoms with van der Waals surface area (Å²) in [4.78, 5) is 5.17. The Bertz CT molecular complexity index is 1560. The smallest absolute Gasteiger partial charge is 0.182 e. The number of aryl methyl sites for hydroxylation is 3. The Labute approximate surface area is 220 Å². The minimum atomic E-state index is -0.557. The maximum Gasteiger partial charge on any atom is 0.182 e. The van der Waals surface area contributed by atoms with E-state index in [2.05, 4.69) is 44.1 Å². The van der Waals surface area contributed by atoms with Crippen molar-refractivity contribution < 1.29 is 4.74 Å². The molecule has 0 saturated heterocycles. The van der Waals surface area contributed by atoms with E-state index < -0.39 is 11.7 Å². The average Bonchev–Trinajstić information content (AvgIpc) is 3.56. The van der Waals surface area contributed by atoms with Gasteiger partial charge in [0.2, 0.25) is 0 Å². The topological polar surface area (TPSA) is 99.3 Å². The van der Waals surface area contributed by atoms with E-state index in [-0.39, 0.29) is 0 Å². The minimum absolute atomic E-state index is 0.465. The summed E-state index contributed by atoms with van der Waals surface area (Å²) in [5.74, 6) is 0.526. The highest BCUT2D eigenvalue weighted by atomic mass is 35.5. The van der Waals surface area contributed by atoms with Gasteiger partial charge in [-0.05, 0) is 75.2 Å². The van der Waals surface area contributed by atoms with Crippen molar-refractivity contribution in [3.63, 3.8) is 0 Å². The Morgan fingerprint density at radius 2 is 1.84 bits per heavy atom. The van der Waals surface area contributed by atoms with Crippen LogP contribution in [0, 0.1) is 20.8 Å². The van der Waals surface area contributed by atoms with Crippen LogP contribution in [-0.4, -0.2) is 45.6 Å². The summed E-state index contributed by atoms with van der Waals surface area (Å²) in [5, 5.41) is 20.9. The van der Waals surface area contributed by atoms with Gasteiger partial charge in [-0.15, -0.1) is 5.10 Å². The molecular weight excluding hydrogens is 488 g/mol. The van der Waals surface area contributed by atoms with Crippen LogP contribution in [0.5, 0.6) is 0 Å². The van der Waals surface area contributed by atoms with Gasteiger partial charge in [-0.25, -0.2) is 10.1 Å². The first-order chi connectivity index (χ1) is 17.5. The molecule has 37 heavy (non-hydrogen) atoms. The molecule has 4 heterocycles. The van der Waals surface area contributed by atoms with Gasteiger partial charge in [0.15, 0.2) is 5.82 Å². The van der Waals surface area contributed by atoms with Gasteiger partial charge >= 0.3 is 0 Å². The quantitative estimate of drug-likeness (QED) is 0.319. The van der Waals surface area contributed by atoms with Crippen molar-refractivity contribution in [1.82, 2.24) is 40.0 Å². The van der Waals surface area contributed by atoms with Crippen LogP contribution >= 0.6 is 11.6 Å². The van der Waals surface area contributed by atoms with Crippen molar-refractivity contribution in [3.8, 4) is 11.1 Å². The number of benzene rings is 1. The molecule has 1 N–H and O–H groups in total. The van der Waals surface area contributed by atoms with Gasteiger partial charge in [-0.1, -0.05) is 23.7 Å². The fourth-order valence-electron chi connectivity index (χ4n) is 4.84. The molecule has 5 aromatic rings. The zero-order chi connectivity index (χ0) is 26.5. The number of hydrogen-bond acceptors (Lipinski definition) is 6. The maximum atomic E-state index is 6.60. The van der Waals surface area contributed by atoms with E-state index in [1.807, 2.05) is 76.1 Å². The molecule has 0 spiro atoms. The first kappa shape index (κ1) is 25.1. The lowest BCUT2D eigenvalue weighted by Gasteiger charge is -2.29. The molecule has 0 amide bonds. The van der Waals surface area contributed by atoms with Gasteiger partial charge in [0.1, 0.15) is 11.8 Å². The first-order valence-corrected chi connectivity index (χ1v) is 12.6. The normalized spacial score (nSPS) is 13.0. The Morgan fingerprint density at radius 3 is 2.43 bits per heavy atom. The van der Waals surface area contributed by atoms with Crippen molar-refractivity contribution >= 4 is 22.6 Å². The van der Waals surface area contributed by atoms with E-state index in [1.54, 1.807) is 0 Å². The number of aromatic nitrogens is 8. The SMILES string of the molecule is Cc1nc2c(c(C)c(C)n2Cc2cnn(C)c2)c(-c2ccc(Cl)cc2)c1[C@H](OC(C)(C)C)c1nnn[nH]1. The lowest BCUT2D eigenvalue weighted by molar-refractivity contribution is -0.0465. The second-order valence-electron chi connectivity index (χ2n) is 10.4. The molecule has 0 fully saturated rings. The fraction of sp³-hybridized carbons (Fsp3) is 0.370. The van der Waals surface area contributed by atoms with E-state index in [0.717, 1.165) is 50.2 Å². The number of nitrogens with zero attached hydrogens (tertiary/aromatic N) is 7. The molecule has 1 aromatic carbocycles. The van der Waals surface area contributed by atoms with Crippen molar-refractivity contribution in [3.05, 3.63) is 75.6 Å². The van der Waals surface area contributed by atoms with Crippen molar-refractivity contribution in [1.29, 1.82) is 0 Å². The Balaban J connectivity index is 1.84. The second kappa shape index (κ2) is 9.39. The van der Waals surface area contributed by atoms with Crippen LogP contribution in [0.2, 0.25) is 5.02 Å². The lowest BCUT2D eigenvalue weighted by Crippen LogP contribution is -2.25. The van der Waals surface area contributed by atoms with E-state index in [4.69, 9.17) is 21.3 Å². The minimum Gasteiger partial charge on any atom is -0.360 e. The predicted octanol–water partition coefficient (Wildman–Crippen LogP) is 5.48. The molecule has 0 aliphatic heterocycles. The van der Waals surface area contributed by atoms with Crippen LogP contribution in [0.25, 0.3) is 22.2 Å². The fourth-order valence-corrected chi connectivity index (χ4v) is 4.97. The number of halogens is 1. The van der Waals surface area contributed by atoms with Gasteiger partial charge in [0.25, 0.3) is 0 Å². The summed E-state index contributed by atoms with van der Waals surface area (Å²) in [6.45, 7) is 13.0. The number of H-pyrrole nitrogens is 1. The number of aromatic amines is 1. The highest BCUT2D eigenvalue weighted by molar-refractivity contribution is 6.30. The van der Waals surface area contributed by atoms with Crippen LogP contribution in [0.1, 0.15) is 60.8 Å². The summed E-state index contributed by atoms with van der Waals surface area (Å²) in [6, 6.07) is 7.90. The zero-order valence-corrected chi connectivity index (χ0v) is 22.9. The first-order valence-electron chi connectivity index (χ1n) is 12.2. The van der Waals surface area contributed by atoms with Gasteiger partial charge in [0, 0.05) is 51.7 Å². The summed E-state index contributed by atoms with van der Waals surface area (Å²) < 4.78 is 10.7. The van der Waals surface area contributed by atoms with E-state index in [9.17, 15) is 0 Å². The molecule has 9 nitrogen and oxygen atoms in total. The van der Waals surface area contributed by atoms with E-state index in [0.29, 0.717) is 17.4 Å². The Kier molecular flexibility index (Phi) is 6.37. The molecule has 0 aliphatic carbocycles. The number of ether oxygens (including phenoxy) is 1. The third-order valence-corrected chi connectivity index (χ3v) is 6.81. The largest absolute Gasteiger partial charge is 0.360 e. The lowest BCUT2D eigenvalue weighted by atomic mass is 9.90. The predicted molar refractivity (Wildman–Crippen MR) is 144 cm³/mol. The van der Waals surface area contributed by atoms with Crippen molar-refractivity contribution in [2.75, 3.05) is 0 Å². The number of nitrogens with one attached hydrogen (secondary N) is 1. The van der Waals surface area contributed by atoms with E-state index in [1.165, 1.54) is 0 Å². The van der Waals surface area contributed by atoms with Crippen LogP contribution in [0.15, 0.2) is 36.7 Å². The third-order valence-electron chi connectivity index (χ3n) is 6.56. The van der Waals surface area contributed by atoms with Gasteiger partial charge in [-0.3, -0.25) is 4.68 Å². The zero-order valence-electron chi connectivity index (χ0n) is 22.2. The second-order valence-corrected chi connectivity index (χ2v) is 10.8. The van der Waals surface area contributed by atoms with Crippen LogP contribution in [-0.2, 0) is 18.3 Å². The van der Waals surface area contributed by atoms with Crippen LogP contribution < -0.4 is 0 Å². The molecule has 1 atom stereocenters. The Morgan fingerprint density at radius 1 is 1.11 bits per heavy atom. The highest BCUT2D eigenvalue weighted by Crippen LogP contribution is 2.43. The summed E-state index contributed by atoms with van der Waals surface area (Å²) in [5.41, 5.74) is 7.68. The summed E-state index contributed by atoms with van der Waals surface area (Å²) in [7, 11) is 1.93. The van der Waals surface area contributed by atoms with Gasteiger partial charge in [-0.2, -0.15) is 5.10 Å². The average molecular weight is 519 g/mol. The Hall–Kier alpha value is -3.56. The number of tetrazole rings is 1. The highest BCUT2D eigenvalue weighted by Gasteiger charge is 2.32. The number of rotatable bonds is 6. The molecule has 0 aliphatic rings. The number of hydrogen-bond donors (Lipinski definition) is 1. The molecule has 0 saturated carbocycles. The third kappa shape index (κ3) is 4.76. The molecule has 4 aromatic heterocycles. The van der Waals surface area contributed by atoms with Gasteiger partial charge < -0.3 is 9.30 Å². The summed E-state index contributed by atoms with van der Waals surface area (Å²) >= 11 is 6.29. The van der Waals surface area contributed by atoms with Crippen molar-refractivity contribution in [2.45, 2.75) is 59.8 Å². The standard InChI is InChI=1S/C27H31ClN8O/c1-15-17(3)36(14-18-12-29-35(7)13-18)26-21(15)23(19-8-10-20(28)11-9-19)22(16(2)30-26)24(37-27(4,5)6)25-31-33-34-32-25/h8-13,24H,14H2,1-7H3,(H,31,32,33,34)/t24-/m0/s1. The van der Waals surface area contributed by atoms with Crippen molar-refractivity contribution in [2.24, 2.45) is 7.05 Å². The van der Waals surface area contributed by atoms with Crippen LogP contribution in [0.3, 0.4) is 0 Å². The molecule has 0 radical (unpaired) electrons. The molecule has 0 bridgehead atoms. The van der Waals surface area contributed by atoms with E-state index >= 15 is 0 Å². The van der Waals surface area contributed by atoms with Gasteiger partial charge in [0.05, 0.1) is 18.3 Å². The molecule has 0 unspecified atom stereocenters. The number of pyridine rings is 1. The molecular formula is C27H31ClN8O. The summed E-state index contributed by atoms with van der Waals surface area (Å²) in [6.07, 6.45) is 3.37. The monoisotopic (exact) mass is 518 g/mol. The maximum absolute atomic E-state index is 6.60. The molecule has 5 rings (SSSR count). The number of fused-ring (bicyclic) bond motifs is 1. The molecule has 10 heteroatoms.